The van der Waals surface area contributed by atoms with Crippen molar-refractivity contribution in [3.63, 3.8) is 0 Å². The molecule has 3 heteroatoms. The standard InChI is InChI=1S/C17H19NO2/c1-13-6-7-16(15-5-3-2-4-14(13)15)17(19)12-18-8-10-20-11-9-18/h2-7H,8-12H2,1H3. The minimum Gasteiger partial charge on any atom is -0.379 e. The molecule has 0 aliphatic carbocycles. The van der Waals surface area contributed by atoms with Crippen LogP contribution in [0.5, 0.6) is 0 Å². The molecule has 0 aromatic heterocycles. The predicted molar refractivity (Wildman–Crippen MR) is 80.3 cm³/mol. The number of ether oxygens (including phenoxy) is 1. The molecule has 0 N–H and O–H groups in total. The average molecular weight is 269 g/mol. The van der Waals surface area contributed by atoms with Gasteiger partial charge >= 0.3 is 0 Å². The second-order valence-corrected chi connectivity index (χ2v) is 5.29. The summed E-state index contributed by atoms with van der Waals surface area (Å²) in [5.41, 5.74) is 2.04. The summed E-state index contributed by atoms with van der Waals surface area (Å²) < 4.78 is 5.32. The van der Waals surface area contributed by atoms with Crippen LogP contribution in [0.15, 0.2) is 36.4 Å². The van der Waals surface area contributed by atoms with E-state index in [2.05, 4.69) is 17.9 Å². The summed E-state index contributed by atoms with van der Waals surface area (Å²) in [4.78, 5) is 14.7. The topological polar surface area (TPSA) is 29.5 Å². The molecule has 1 saturated heterocycles. The smallest absolute Gasteiger partial charge is 0.177 e. The number of Topliss-reactive ketones (excluding diaryl/α,β-unsaturated/α-hetero) is 1. The van der Waals surface area contributed by atoms with Crippen molar-refractivity contribution in [3.8, 4) is 0 Å². The molecular formula is C17H19NO2. The zero-order chi connectivity index (χ0) is 13.9. The lowest BCUT2D eigenvalue weighted by Gasteiger charge is -2.26. The lowest BCUT2D eigenvalue weighted by atomic mass is 9.97. The largest absolute Gasteiger partial charge is 0.379 e. The van der Waals surface area contributed by atoms with E-state index in [4.69, 9.17) is 4.74 Å². The van der Waals surface area contributed by atoms with Crippen molar-refractivity contribution in [1.82, 2.24) is 4.90 Å². The number of carbonyl (C=O) groups excluding carboxylic acids is 1. The van der Waals surface area contributed by atoms with Crippen molar-refractivity contribution in [2.75, 3.05) is 32.8 Å². The zero-order valence-electron chi connectivity index (χ0n) is 11.8. The van der Waals surface area contributed by atoms with Crippen LogP contribution in [0.3, 0.4) is 0 Å². The highest BCUT2D eigenvalue weighted by molar-refractivity contribution is 6.09. The summed E-state index contributed by atoms with van der Waals surface area (Å²) in [7, 11) is 0. The average Bonchev–Trinajstić information content (AvgIpc) is 2.49. The van der Waals surface area contributed by atoms with E-state index < -0.39 is 0 Å². The molecule has 2 aromatic rings. The van der Waals surface area contributed by atoms with Gasteiger partial charge in [0.1, 0.15) is 0 Å². The first kappa shape index (κ1) is 13.3. The third-order valence-corrected chi connectivity index (χ3v) is 3.91. The van der Waals surface area contributed by atoms with E-state index in [1.165, 1.54) is 10.9 Å². The van der Waals surface area contributed by atoms with Gasteiger partial charge in [-0.3, -0.25) is 9.69 Å². The fraction of sp³-hybridized carbons (Fsp3) is 0.353. The van der Waals surface area contributed by atoms with E-state index in [-0.39, 0.29) is 5.78 Å². The molecule has 0 atom stereocenters. The number of hydrogen-bond donors (Lipinski definition) is 0. The summed E-state index contributed by atoms with van der Waals surface area (Å²) in [6.07, 6.45) is 0. The van der Waals surface area contributed by atoms with E-state index >= 15 is 0 Å². The summed E-state index contributed by atoms with van der Waals surface area (Å²) in [5, 5.41) is 2.23. The maximum absolute atomic E-state index is 12.6. The number of morpholine rings is 1. The monoisotopic (exact) mass is 269 g/mol. The van der Waals surface area contributed by atoms with Crippen LogP contribution in [0.2, 0.25) is 0 Å². The van der Waals surface area contributed by atoms with Crippen LogP contribution in [0.4, 0.5) is 0 Å². The normalized spacial score (nSPS) is 16.4. The summed E-state index contributed by atoms with van der Waals surface area (Å²) in [5.74, 6) is 0.197. The fourth-order valence-electron chi connectivity index (χ4n) is 2.74. The molecule has 0 spiro atoms. The minimum atomic E-state index is 0.197. The zero-order valence-corrected chi connectivity index (χ0v) is 11.8. The Balaban J connectivity index is 1.89. The minimum absolute atomic E-state index is 0.197. The summed E-state index contributed by atoms with van der Waals surface area (Å²) >= 11 is 0. The van der Waals surface area contributed by atoms with Crippen molar-refractivity contribution < 1.29 is 9.53 Å². The number of rotatable bonds is 3. The molecule has 3 rings (SSSR count). The van der Waals surface area contributed by atoms with Gasteiger partial charge in [0.25, 0.3) is 0 Å². The van der Waals surface area contributed by atoms with Crippen molar-refractivity contribution in [1.29, 1.82) is 0 Å². The third-order valence-electron chi connectivity index (χ3n) is 3.91. The van der Waals surface area contributed by atoms with Gasteiger partial charge < -0.3 is 4.74 Å². The van der Waals surface area contributed by atoms with E-state index in [1.807, 2.05) is 30.3 Å². The van der Waals surface area contributed by atoms with Crippen LogP contribution in [0, 0.1) is 6.92 Å². The Hall–Kier alpha value is -1.71. The summed E-state index contributed by atoms with van der Waals surface area (Å²) in [6, 6.07) is 12.1. The van der Waals surface area contributed by atoms with E-state index in [0.717, 1.165) is 37.3 Å². The van der Waals surface area contributed by atoms with Gasteiger partial charge in [-0.15, -0.1) is 0 Å². The highest BCUT2D eigenvalue weighted by atomic mass is 16.5. The second kappa shape index (κ2) is 5.73. The number of fused-ring (bicyclic) bond motifs is 1. The van der Waals surface area contributed by atoms with E-state index in [9.17, 15) is 4.79 Å². The molecule has 3 nitrogen and oxygen atoms in total. The fourth-order valence-corrected chi connectivity index (χ4v) is 2.74. The number of aryl methyl sites for hydroxylation is 1. The lowest BCUT2D eigenvalue weighted by Crippen LogP contribution is -2.39. The Labute approximate surface area is 119 Å². The quantitative estimate of drug-likeness (QED) is 0.802. The number of carbonyl (C=O) groups is 1. The van der Waals surface area contributed by atoms with Gasteiger partial charge in [0.2, 0.25) is 0 Å². The molecule has 104 valence electrons. The Morgan fingerprint density at radius 3 is 2.55 bits per heavy atom. The van der Waals surface area contributed by atoms with Gasteiger partial charge in [-0.1, -0.05) is 36.4 Å². The maximum Gasteiger partial charge on any atom is 0.177 e. The Kier molecular flexibility index (Phi) is 3.81. The third kappa shape index (κ3) is 2.60. The van der Waals surface area contributed by atoms with Gasteiger partial charge in [0.05, 0.1) is 19.8 Å². The van der Waals surface area contributed by atoms with E-state index in [1.54, 1.807) is 0 Å². The highest BCUT2D eigenvalue weighted by Crippen LogP contribution is 2.23. The molecule has 0 bridgehead atoms. The van der Waals surface area contributed by atoms with Crippen LogP contribution in [-0.4, -0.2) is 43.5 Å². The SMILES string of the molecule is Cc1ccc(C(=O)CN2CCOCC2)c2ccccc12. The number of benzene rings is 2. The van der Waals surface area contributed by atoms with Crippen molar-refractivity contribution >= 4 is 16.6 Å². The van der Waals surface area contributed by atoms with Gasteiger partial charge in [0.15, 0.2) is 5.78 Å². The predicted octanol–water partition coefficient (Wildman–Crippen LogP) is 2.66. The maximum atomic E-state index is 12.6. The van der Waals surface area contributed by atoms with Gasteiger partial charge in [0, 0.05) is 18.7 Å². The molecule has 0 amide bonds. The second-order valence-electron chi connectivity index (χ2n) is 5.29. The van der Waals surface area contributed by atoms with Crippen LogP contribution >= 0.6 is 0 Å². The number of hydrogen-bond acceptors (Lipinski definition) is 3. The highest BCUT2D eigenvalue weighted by Gasteiger charge is 2.17. The summed E-state index contributed by atoms with van der Waals surface area (Å²) in [6.45, 7) is 5.70. The Morgan fingerprint density at radius 2 is 1.80 bits per heavy atom. The van der Waals surface area contributed by atoms with Crippen LogP contribution in [0.1, 0.15) is 15.9 Å². The van der Waals surface area contributed by atoms with Gasteiger partial charge in [-0.25, -0.2) is 0 Å². The Morgan fingerprint density at radius 1 is 1.10 bits per heavy atom. The first-order valence-electron chi connectivity index (χ1n) is 7.07. The van der Waals surface area contributed by atoms with Crippen molar-refractivity contribution in [3.05, 3.63) is 47.5 Å². The molecule has 0 saturated carbocycles. The number of nitrogens with zero attached hydrogens (tertiary/aromatic N) is 1. The van der Waals surface area contributed by atoms with Gasteiger partial charge in [-0.2, -0.15) is 0 Å². The molecule has 1 fully saturated rings. The van der Waals surface area contributed by atoms with Crippen LogP contribution in [0.25, 0.3) is 10.8 Å². The number of ketones is 1. The van der Waals surface area contributed by atoms with E-state index in [0.29, 0.717) is 6.54 Å². The molecule has 20 heavy (non-hydrogen) atoms. The molecule has 2 aromatic carbocycles. The lowest BCUT2D eigenvalue weighted by molar-refractivity contribution is 0.0371. The Bertz CT molecular complexity index is 630. The molecule has 0 unspecified atom stereocenters. The first-order chi connectivity index (χ1) is 9.75. The van der Waals surface area contributed by atoms with Crippen LogP contribution in [-0.2, 0) is 4.74 Å². The molecule has 1 aliphatic rings. The molecule has 1 heterocycles. The van der Waals surface area contributed by atoms with Crippen molar-refractivity contribution in [2.45, 2.75) is 6.92 Å². The first-order valence-corrected chi connectivity index (χ1v) is 7.07. The van der Waals surface area contributed by atoms with Crippen LogP contribution < -0.4 is 0 Å². The molecule has 0 radical (unpaired) electrons. The van der Waals surface area contributed by atoms with Crippen molar-refractivity contribution in [2.24, 2.45) is 0 Å². The van der Waals surface area contributed by atoms with Gasteiger partial charge in [-0.05, 0) is 23.3 Å². The molecule has 1 aliphatic heterocycles. The molecular weight excluding hydrogens is 250 g/mol.